The van der Waals surface area contributed by atoms with Crippen LogP contribution in [0.25, 0.3) is 0 Å². The van der Waals surface area contributed by atoms with E-state index in [9.17, 15) is 19.2 Å². The van der Waals surface area contributed by atoms with E-state index in [1.54, 1.807) is 0 Å². The predicted molar refractivity (Wildman–Crippen MR) is 90.3 cm³/mol. The Morgan fingerprint density at radius 1 is 1.20 bits per heavy atom. The lowest BCUT2D eigenvalue weighted by Gasteiger charge is -2.33. The summed E-state index contributed by atoms with van der Waals surface area (Å²) in [6, 6.07) is -0.586. The topological polar surface area (TPSA) is 106 Å². The Morgan fingerprint density at radius 3 is 2.48 bits per heavy atom. The third-order valence-electron chi connectivity index (χ3n) is 5.05. The van der Waals surface area contributed by atoms with Crippen LogP contribution < -0.4 is 16.6 Å². The summed E-state index contributed by atoms with van der Waals surface area (Å²) >= 11 is 0. The molecule has 0 bridgehead atoms. The van der Waals surface area contributed by atoms with Crippen LogP contribution in [0.15, 0.2) is 20.9 Å². The SMILES string of the molecule is CC1CCC2(CC1)NC(=O)N(/N=C/c1cn(C)c(=O)n(C)c1=O)C2=O. The second kappa shape index (κ2) is 5.98. The molecular weight excluding hydrogens is 326 g/mol. The molecule has 9 heteroatoms. The molecule has 1 aromatic rings. The number of amides is 3. The van der Waals surface area contributed by atoms with Crippen LogP contribution in [0.5, 0.6) is 0 Å². The summed E-state index contributed by atoms with van der Waals surface area (Å²) < 4.78 is 2.18. The summed E-state index contributed by atoms with van der Waals surface area (Å²) in [7, 11) is 2.86. The Labute approximate surface area is 143 Å². The van der Waals surface area contributed by atoms with Gasteiger partial charge >= 0.3 is 11.7 Å². The Hall–Kier alpha value is -2.71. The third kappa shape index (κ3) is 2.79. The van der Waals surface area contributed by atoms with Crippen molar-refractivity contribution in [3.63, 3.8) is 0 Å². The van der Waals surface area contributed by atoms with Crippen LogP contribution in [0.2, 0.25) is 0 Å². The van der Waals surface area contributed by atoms with Gasteiger partial charge in [-0.15, -0.1) is 5.01 Å². The molecule has 1 spiro atoms. The molecule has 25 heavy (non-hydrogen) atoms. The number of nitrogens with one attached hydrogen (secondary N) is 1. The molecule has 2 aliphatic rings. The van der Waals surface area contributed by atoms with Gasteiger partial charge in [0.15, 0.2) is 0 Å². The molecule has 0 radical (unpaired) electrons. The highest BCUT2D eigenvalue weighted by Crippen LogP contribution is 2.36. The van der Waals surface area contributed by atoms with Gasteiger partial charge in [0, 0.05) is 20.3 Å². The molecule has 1 aliphatic heterocycles. The lowest BCUT2D eigenvalue weighted by molar-refractivity contribution is -0.132. The van der Waals surface area contributed by atoms with E-state index in [1.807, 2.05) is 0 Å². The second-order valence-electron chi connectivity index (χ2n) is 6.90. The molecular formula is C16H21N5O4. The minimum absolute atomic E-state index is 0.114. The molecule has 134 valence electrons. The maximum Gasteiger partial charge on any atom is 0.346 e. The fourth-order valence-electron chi connectivity index (χ4n) is 3.35. The highest BCUT2D eigenvalue weighted by atomic mass is 16.2. The summed E-state index contributed by atoms with van der Waals surface area (Å²) in [4.78, 5) is 48.6. The molecule has 2 heterocycles. The number of aromatic nitrogens is 2. The molecule has 1 aromatic heterocycles. The quantitative estimate of drug-likeness (QED) is 0.596. The van der Waals surface area contributed by atoms with Gasteiger partial charge in [0.1, 0.15) is 5.54 Å². The van der Waals surface area contributed by atoms with Gasteiger partial charge in [-0.05, 0) is 31.6 Å². The van der Waals surface area contributed by atoms with Crippen LogP contribution >= 0.6 is 0 Å². The van der Waals surface area contributed by atoms with E-state index in [0.717, 1.165) is 28.6 Å². The zero-order valence-corrected chi connectivity index (χ0v) is 14.5. The molecule has 1 aliphatic carbocycles. The van der Waals surface area contributed by atoms with Crippen molar-refractivity contribution in [2.24, 2.45) is 25.1 Å². The van der Waals surface area contributed by atoms with Gasteiger partial charge in [-0.3, -0.25) is 14.2 Å². The lowest BCUT2D eigenvalue weighted by atomic mass is 9.77. The fourth-order valence-corrected chi connectivity index (χ4v) is 3.35. The third-order valence-corrected chi connectivity index (χ3v) is 5.05. The fraction of sp³-hybridized carbons (Fsp3) is 0.562. The van der Waals surface area contributed by atoms with Crippen LogP contribution in [0.3, 0.4) is 0 Å². The molecule has 0 aromatic carbocycles. The molecule has 3 amide bonds. The number of carbonyl (C=O) groups is 2. The highest BCUT2D eigenvalue weighted by Gasteiger charge is 2.52. The van der Waals surface area contributed by atoms with Gasteiger partial charge in [0.25, 0.3) is 11.5 Å². The van der Waals surface area contributed by atoms with Gasteiger partial charge < -0.3 is 9.88 Å². The first kappa shape index (κ1) is 17.1. The second-order valence-corrected chi connectivity index (χ2v) is 6.90. The first-order valence-corrected chi connectivity index (χ1v) is 8.22. The van der Waals surface area contributed by atoms with Crippen LogP contribution in [0, 0.1) is 5.92 Å². The standard InChI is InChI=1S/C16H21N5O4/c1-10-4-6-16(7-5-10)13(23)21(14(24)18-16)17-8-11-9-19(2)15(25)20(3)12(11)22/h8-10H,4-7H2,1-3H3,(H,18,24)/b17-8+. The van der Waals surface area contributed by atoms with Crippen LogP contribution in [-0.4, -0.2) is 37.8 Å². The van der Waals surface area contributed by atoms with Crippen molar-refractivity contribution >= 4 is 18.2 Å². The van der Waals surface area contributed by atoms with Crippen molar-refractivity contribution in [2.75, 3.05) is 0 Å². The molecule has 1 N–H and O–H groups in total. The zero-order chi connectivity index (χ0) is 18.4. The van der Waals surface area contributed by atoms with Gasteiger partial charge in [-0.25, -0.2) is 9.59 Å². The first-order chi connectivity index (χ1) is 11.7. The highest BCUT2D eigenvalue weighted by molar-refractivity contribution is 6.07. The minimum atomic E-state index is -0.880. The number of aryl methyl sites for hydroxylation is 1. The molecule has 0 unspecified atom stereocenters. The minimum Gasteiger partial charge on any atom is -0.321 e. The number of imide groups is 1. The molecule has 1 saturated heterocycles. The largest absolute Gasteiger partial charge is 0.346 e. The maximum atomic E-state index is 12.7. The van der Waals surface area contributed by atoms with Crippen LogP contribution in [0.4, 0.5) is 4.79 Å². The number of hydrogen-bond acceptors (Lipinski definition) is 5. The van der Waals surface area contributed by atoms with Crippen molar-refractivity contribution in [1.82, 2.24) is 19.5 Å². The first-order valence-electron chi connectivity index (χ1n) is 8.22. The van der Waals surface area contributed by atoms with E-state index in [0.29, 0.717) is 18.8 Å². The Morgan fingerprint density at radius 2 is 1.84 bits per heavy atom. The Balaban J connectivity index is 1.88. The number of hydrazone groups is 1. The van der Waals surface area contributed by atoms with Crippen LogP contribution in [-0.2, 0) is 18.9 Å². The van der Waals surface area contributed by atoms with Crippen molar-refractivity contribution in [3.05, 3.63) is 32.6 Å². The molecule has 1 saturated carbocycles. The summed E-state index contributed by atoms with van der Waals surface area (Å²) in [5.41, 5.74) is -1.77. The van der Waals surface area contributed by atoms with E-state index < -0.39 is 22.8 Å². The summed E-state index contributed by atoms with van der Waals surface area (Å²) in [6.45, 7) is 2.12. The van der Waals surface area contributed by atoms with E-state index >= 15 is 0 Å². The van der Waals surface area contributed by atoms with E-state index in [2.05, 4.69) is 17.3 Å². The van der Waals surface area contributed by atoms with E-state index in [1.165, 1.54) is 24.9 Å². The average Bonchev–Trinajstić information content (AvgIpc) is 2.81. The van der Waals surface area contributed by atoms with Crippen molar-refractivity contribution in [3.8, 4) is 0 Å². The van der Waals surface area contributed by atoms with Crippen LogP contribution in [0.1, 0.15) is 38.2 Å². The Bertz CT molecular complexity index is 873. The lowest BCUT2D eigenvalue weighted by Crippen LogP contribution is -2.49. The monoisotopic (exact) mass is 347 g/mol. The van der Waals surface area contributed by atoms with Gasteiger partial charge in [0.05, 0.1) is 11.8 Å². The summed E-state index contributed by atoms with van der Waals surface area (Å²) in [5, 5.41) is 7.45. The van der Waals surface area contributed by atoms with Crippen molar-refractivity contribution < 1.29 is 9.59 Å². The average molecular weight is 347 g/mol. The van der Waals surface area contributed by atoms with Crippen molar-refractivity contribution in [2.45, 2.75) is 38.1 Å². The maximum absolute atomic E-state index is 12.7. The molecule has 0 atom stereocenters. The predicted octanol–water partition coefficient (Wildman–Crippen LogP) is -0.0814. The normalized spacial score (nSPS) is 26.7. The summed E-state index contributed by atoms with van der Waals surface area (Å²) in [5.74, 6) is 0.142. The van der Waals surface area contributed by atoms with Gasteiger partial charge in [-0.1, -0.05) is 6.92 Å². The van der Waals surface area contributed by atoms with E-state index in [4.69, 9.17) is 0 Å². The van der Waals surface area contributed by atoms with Crippen molar-refractivity contribution in [1.29, 1.82) is 0 Å². The van der Waals surface area contributed by atoms with E-state index in [-0.39, 0.29) is 11.5 Å². The summed E-state index contributed by atoms with van der Waals surface area (Å²) in [6.07, 6.45) is 5.38. The zero-order valence-electron chi connectivity index (χ0n) is 14.5. The Kier molecular flexibility index (Phi) is 4.09. The molecule has 3 rings (SSSR count). The number of rotatable bonds is 2. The number of hydrogen-bond donors (Lipinski definition) is 1. The van der Waals surface area contributed by atoms with Gasteiger partial charge in [-0.2, -0.15) is 5.10 Å². The smallest absolute Gasteiger partial charge is 0.321 e. The molecule has 9 nitrogen and oxygen atoms in total. The number of carbonyl (C=O) groups excluding carboxylic acids is 2. The van der Waals surface area contributed by atoms with Gasteiger partial charge in [0.2, 0.25) is 0 Å². The molecule has 2 fully saturated rings. The number of nitrogens with zero attached hydrogens (tertiary/aromatic N) is 4. The number of urea groups is 1.